The number of esters is 1. The van der Waals surface area contributed by atoms with Gasteiger partial charge in [0, 0.05) is 0 Å². The minimum atomic E-state index is -1.26. The van der Waals surface area contributed by atoms with Crippen LogP contribution in [-0.2, 0) is 19.1 Å². The molecule has 0 aliphatic rings. The van der Waals surface area contributed by atoms with E-state index in [4.69, 9.17) is 14.9 Å². The van der Waals surface area contributed by atoms with Gasteiger partial charge in [0.2, 0.25) is 5.91 Å². The first-order chi connectivity index (χ1) is 8.96. The van der Waals surface area contributed by atoms with Gasteiger partial charge in [-0.25, -0.2) is 4.79 Å². The Morgan fingerprint density at radius 2 is 1.89 bits per heavy atom. The number of hydrogen-bond donors (Lipinski definition) is 4. The molecule has 0 rings (SSSR count). The van der Waals surface area contributed by atoms with Gasteiger partial charge in [-0.05, 0) is 13.5 Å². The third-order valence-corrected chi connectivity index (χ3v) is 2.28. The Morgan fingerprint density at radius 3 is 2.32 bits per heavy atom. The summed E-state index contributed by atoms with van der Waals surface area (Å²) in [7, 11) is 1.46. The average molecular weight is 276 g/mol. The standard InChI is InChI=1S/C11H20N2O6/c1-3-4-19-11(18)7(5-9(15)16)13-10(17)8(6-14)12-2/h7-8,12,14H,3-6H2,1-2H3,(H,13,17)(H,15,16)/t7-,8-/m0/s1. The smallest absolute Gasteiger partial charge is 0.329 e. The van der Waals surface area contributed by atoms with Crippen molar-refractivity contribution < 1.29 is 29.3 Å². The predicted molar refractivity (Wildman–Crippen MR) is 65.4 cm³/mol. The Balaban J connectivity index is 4.62. The monoisotopic (exact) mass is 276 g/mol. The van der Waals surface area contributed by atoms with Gasteiger partial charge in [0.05, 0.1) is 19.6 Å². The Hall–Kier alpha value is -1.67. The second-order valence-electron chi connectivity index (χ2n) is 3.85. The summed E-state index contributed by atoms with van der Waals surface area (Å²) in [5, 5.41) is 22.4. The van der Waals surface area contributed by atoms with Crippen molar-refractivity contribution in [1.29, 1.82) is 0 Å². The van der Waals surface area contributed by atoms with Gasteiger partial charge in [-0.2, -0.15) is 0 Å². The molecule has 0 aliphatic carbocycles. The molecule has 0 aromatic heterocycles. The lowest BCUT2D eigenvalue weighted by Crippen LogP contribution is -2.51. The maximum Gasteiger partial charge on any atom is 0.329 e. The molecule has 0 radical (unpaired) electrons. The summed E-state index contributed by atoms with van der Waals surface area (Å²) >= 11 is 0. The van der Waals surface area contributed by atoms with Gasteiger partial charge in [0.25, 0.3) is 0 Å². The van der Waals surface area contributed by atoms with Gasteiger partial charge in [-0.3, -0.25) is 9.59 Å². The summed E-state index contributed by atoms with van der Waals surface area (Å²) in [6.07, 6.45) is 0.0193. The normalized spacial score (nSPS) is 13.4. The van der Waals surface area contributed by atoms with Crippen LogP contribution >= 0.6 is 0 Å². The van der Waals surface area contributed by atoms with E-state index in [0.29, 0.717) is 6.42 Å². The molecule has 19 heavy (non-hydrogen) atoms. The Morgan fingerprint density at radius 1 is 1.26 bits per heavy atom. The van der Waals surface area contributed by atoms with Crippen molar-refractivity contribution in [3.8, 4) is 0 Å². The number of nitrogens with one attached hydrogen (secondary N) is 2. The van der Waals surface area contributed by atoms with Crippen molar-refractivity contribution in [2.75, 3.05) is 20.3 Å². The average Bonchev–Trinajstić information content (AvgIpc) is 2.36. The lowest BCUT2D eigenvalue weighted by molar-refractivity contribution is -0.152. The molecule has 0 aliphatic heterocycles. The molecule has 2 atom stereocenters. The van der Waals surface area contributed by atoms with E-state index in [9.17, 15) is 14.4 Å². The number of hydrogen-bond acceptors (Lipinski definition) is 6. The molecular formula is C11H20N2O6. The molecule has 0 bridgehead atoms. The highest BCUT2D eigenvalue weighted by atomic mass is 16.5. The third kappa shape index (κ3) is 6.73. The van der Waals surface area contributed by atoms with Crippen LogP contribution in [-0.4, -0.2) is 60.4 Å². The highest BCUT2D eigenvalue weighted by molar-refractivity contribution is 5.89. The quantitative estimate of drug-likeness (QED) is 0.377. The highest BCUT2D eigenvalue weighted by Crippen LogP contribution is 1.98. The second-order valence-corrected chi connectivity index (χ2v) is 3.85. The maximum atomic E-state index is 11.6. The fourth-order valence-corrected chi connectivity index (χ4v) is 1.25. The number of amides is 1. The number of aliphatic hydroxyl groups excluding tert-OH is 1. The number of carbonyl (C=O) groups excluding carboxylic acids is 2. The minimum absolute atomic E-state index is 0.153. The van der Waals surface area contributed by atoms with Crippen LogP contribution in [0.25, 0.3) is 0 Å². The number of rotatable bonds is 9. The van der Waals surface area contributed by atoms with Crippen molar-refractivity contribution >= 4 is 17.8 Å². The molecule has 0 unspecified atom stereocenters. The van der Waals surface area contributed by atoms with Crippen LogP contribution in [0.3, 0.4) is 0 Å². The van der Waals surface area contributed by atoms with E-state index in [1.807, 2.05) is 0 Å². The first kappa shape index (κ1) is 17.3. The van der Waals surface area contributed by atoms with E-state index in [0.717, 1.165) is 0 Å². The largest absolute Gasteiger partial charge is 0.481 e. The molecule has 0 saturated carbocycles. The van der Waals surface area contributed by atoms with Crippen molar-refractivity contribution in [3.05, 3.63) is 0 Å². The Bertz CT molecular complexity index is 316. The zero-order chi connectivity index (χ0) is 14.8. The topological polar surface area (TPSA) is 125 Å². The summed E-state index contributed by atoms with van der Waals surface area (Å²) in [5.74, 6) is -2.70. The zero-order valence-corrected chi connectivity index (χ0v) is 11.0. The molecular weight excluding hydrogens is 256 g/mol. The van der Waals surface area contributed by atoms with Crippen LogP contribution in [0.5, 0.6) is 0 Å². The molecule has 0 aromatic carbocycles. The van der Waals surface area contributed by atoms with Crippen LogP contribution in [0.1, 0.15) is 19.8 Å². The van der Waals surface area contributed by atoms with E-state index in [1.165, 1.54) is 7.05 Å². The van der Waals surface area contributed by atoms with E-state index in [2.05, 4.69) is 10.6 Å². The van der Waals surface area contributed by atoms with Crippen LogP contribution in [0.2, 0.25) is 0 Å². The number of carboxylic acid groups (broad SMARTS) is 1. The zero-order valence-electron chi connectivity index (χ0n) is 11.0. The molecule has 0 heterocycles. The second kappa shape index (κ2) is 9.29. The number of aliphatic carboxylic acids is 1. The predicted octanol–water partition coefficient (Wildman–Crippen LogP) is -1.52. The number of likely N-dealkylation sites (N-methyl/N-ethyl adjacent to an activating group) is 1. The van der Waals surface area contributed by atoms with Crippen LogP contribution in [0.4, 0.5) is 0 Å². The Kier molecular flexibility index (Phi) is 8.47. The molecule has 0 aromatic rings. The first-order valence-corrected chi connectivity index (χ1v) is 5.93. The molecule has 4 N–H and O–H groups in total. The van der Waals surface area contributed by atoms with Crippen molar-refractivity contribution in [3.63, 3.8) is 0 Å². The fraction of sp³-hybridized carbons (Fsp3) is 0.727. The lowest BCUT2D eigenvalue weighted by Gasteiger charge is -2.19. The first-order valence-electron chi connectivity index (χ1n) is 5.93. The van der Waals surface area contributed by atoms with Crippen LogP contribution in [0, 0.1) is 0 Å². The highest BCUT2D eigenvalue weighted by Gasteiger charge is 2.27. The van der Waals surface area contributed by atoms with Crippen LogP contribution < -0.4 is 10.6 Å². The van der Waals surface area contributed by atoms with Crippen molar-refractivity contribution in [1.82, 2.24) is 10.6 Å². The summed E-state index contributed by atoms with van der Waals surface area (Å²) in [6.45, 7) is 1.48. The van der Waals surface area contributed by atoms with Crippen molar-refractivity contribution in [2.45, 2.75) is 31.8 Å². The van der Waals surface area contributed by atoms with Gasteiger partial charge >= 0.3 is 11.9 Å². The molecule has 0 spiro atoms. The van der Waals surface area contributed by atoms with Gasteiger partial charge < -0.3 is 25.6 Å². The molecule has 110 valence electrons. The summed E-state index contributed by atoms with van der Waals surface area (Å²) < 4.78 is 4.80. The summed E-state index contributed by atoms with van der Waals surface area (Å²) in [6, 6.07) is -2.17. The van der Waals surface area contributed by atoms with Crippen molar-refractivity contribution in [2.24, 2.45) is 0 Å². The number of aliphatic hydroxyl groups is 1. The Labute approximate surface area is 111 Å². The molecule has 1 amide bonds. The third-order valence-electron chi connectivity index (χ3n) is 2.28. The van der Waals surface area contributed by atoms with Gasteiger partial charge in [-0.15, -0.1) is 0 Å². The van der Waals surface area contributed by atoms with E-state index < -0.39 is 43.0 Å². The SMILES string of the molecule is CCCOC(=O)[C@H](CC(=O)O)NC(=O)[C@H](CO)NC. The van der Waals surface area contributed by atoms with Gasteiger partial charge in [0.15, 0.2) is 0 Å². The van der Waals surface area contributed by atoms with Crippen LogP contribution in [0.15, 0.2) is 0 Å². The fourth-order valence-electron chi connectivity index (χ4n) is 1.25. The lowest BCUT2D eigenvalue weighted by atomic mass is 10.2. The van der Waals surface area contributed by atoms with Gasteiger partial charge in [-0.1, -0.05) is 6.92 Å². The van der Waals surface area contributed by atoms with Gasteiger partial charge in [0.1, 0.15) is 12.1 Å². The molecule has 8 heteroatoms. The molecule has 0 saturated heterocycles. The molecule has 8 nitrogen and oxygen atoms in total. The minimum Gasteiger partial charge on any atom is -0.481 e. The van der Waals surface area contributed by atoms with E-state index in [-0.39, 0.29) is 6.61 Å². The summed E-state index contributed by atoms with van der Waals surface area (Å²) in [5.41, 5.74) is 0. The number of carbonyl (C=O) groups is 3. The number of carboxylic acids is 1. The van der Waals surface area contributed by atoms with E-state index in [1.54, 1.807) is 6.92 Å². The van der Waals surface area contributed by atoms with E-state index >= 15 is 0 Å². The maximum absolute atomic E-state index is 11.6. The number of ether oxygens (including phenoxy) is 1. The molecule has 0 fully saturated rings. The summed E-state index contributed by atoms with van der Waals surface area (Å²) in [4.78, 5) is 33.9.